The highest BCUT2D eigenvalue weighted by atomic mass is 14.3. The predicted octanol–water partition coefficient (Wildman–Crippen LogP) is 2.01. The van der Waals surface area contributed by atoms with Gasteiger partial charge in [0.05, 0.1) is 17.6 Å². The topological polar surface area (TPSA) is 47.6 Å². The summed E-state index contributed by atoms with van der Waals surface area (Å²) in [4.78, 5) is 0. The first-order valence-electron chi connectivity index (χ1n) is 3.01. The highest BCUT2D eigenvalue weighted by molar-refractivity contribution is 5.19. The Kier molecular flexibility index (Phi) is 2.65. The van der Waals surface area contributed by atoms with E-state index in [-0.39, 0.29) is 0 Å². The Morgan fingerprint density at radius 1 is 1.50 bits per heavy atom. The van der Waals surface area contributed by atoms with Gasteiger partial charge in [-0.15, -0.1) is 0 Å². The fourth-order valence-electron chi connectivity index (χ4n) is 0.613. The number of hydrogen-bond donors (Lipinski definition) is 0. The standard InChI is InChI=1S/C8H10N2/c1-7(5-9)4-8(2,3)6-10/h1,4H2,2-3H3. The van der Waals surface area contributed by atoms with Gasteiger partial charge in [0.2, 0.25) is 0 Å². The largest absolute Gasteiger partial charge is 0.198 e. The molecule has 0 bridgehead atoms. The molecule has 10 heavy (non-hydrogen) atoms. The number of hydrogen-bond acceptors (Lipinski definition) is 2. The molecule has 0 heterocycles. The van der Waals surface area contributed by atoms with Crippen molar-refractivity contribution in [3.8, 4) is 12.1 Å². The SMILES string of the molecule is C=C(C#N)CC(C)(C)C#N. The van der Waals surface area contributed by atoms with Crippen molar-refractivity contribution in [1.29, 1.82) is 10.5 Å². The van der Waals surface area contributed by atoms with E-state index in [0.29, 0.717) is 12.0 Å². The predicted molar refractivity (Wildman–Crippen MR) is 38.8 cm³/mol. The Labute approximate surface area is 61.4 Å². The van der Waals surface area contributed by atoms with Gasteiger partial charge in [0.1, 0.15) is 0 Å². The van der Waals surface area contributed by atoms with Crippen LogP contribution in [0, 0.1) is 28.1 Å². The minimum atomic E-state index is -0.452. The van der Waals surface area contributed by atoms with Gasteiger partial charge >= 0.3 is 0 Å². The van der Waals surface area contributed by atoms with Crippen molar-refractivity contribution in [3.63, 3.8) is 0 Å². The summed E-state index contributed by atoms with van der Waals surface area (Å²) in [6.07, 6.45) is 0.458. The summed E-state index contributed by atoms with van der Waals surface area (Å²) in [5.41, 5.74) is 0.0128. The van der Waals surface area contributed by atoms with Gasteiger partial charge in [-0.3, -0.25) is 0 Å². The van der Waals surface area contributed by atoms with Gasteiger partial charge < -0.3 is 0 Å². The molecular weight excluding hydrogens is 124 g/mol. The first-order valence-corrected chi connectivity index (χ1v) is 3.01. The fourth-order valence-corrected chi connectivity index (χ4v) is 0.613. The van der Waals surface area contributed by atoms with Crippen LogP contribution in [0.2, 0.25) is 0 Å². The average molecular weight is 134 g/mol. The molecule has 0 aliphatic rings. The molecule has 0 fully saturated rings. The lowest BCUT2D eigenvalue weighted by Crippen LogP contribution is -2.07. The molecular formula is C8H10N2. The highest BCUT2D eigenvalue weighted by Gasteiger charge is 2.17. The van der Waals surface area contributed by atoms with Crippen LogP contribution in [0.4, 0.5) is 0 Å². The Morgan fingerprint density at radius 3 is 2.30 bits per heavy atom. The van der Waals surface area contributed by atoms with Gasteiger partial charge in [-0.1, -0.05) is 6.58 Å². The van der Waals surface area contributed by atoms with Crippen LogP contribution < -0.4 is 0 Å². The molecule has 0 aromatic rings. The quantitative estimate of drug-likeness (QED) is 0.542. The maximum atomic E-state index is 8.54. The molecule has 0 unspecified atom stereocenters. The van der Waals surface area contributed by atoms with E-state index in [0.717, 1.165) is 0 Å². The van der Waals surface area contributed by atoms with Crippen molar-refractivity contribution < 1.29 is 0 Å². The average Bonchev–Trinajstić information content (AvgIpc) is 1.87. The molecule has 0 radical (unpaired) electrons. The summed E-state index contributed by atoms with van der Waals surface area (Å²) in [5.74, 6) is 0. The first-order chi connectivity index (χ1) is 4.52. The lowest BCUT2D eigenvalue weighted by atomic mass is 9.88. The molecule has 52 valence electrons. The minimum absolute atomic E-state index is 0.452. The van der Waals surface area contributed by atoms with Gasteiger partial charge in [-0.2, -0.15) is 10.5 Å². The molecule has 0 saturated heterocycles. The number of rotatable bonds is 2. The van der Waals surface area contributed by atoms with Crippen molar-refractivity contribution in [2.24, 2.45) is 5.41 Å². The van der Waals surface area contributed by atoms with E-state index in [2.05, 4.69) is 12.6 Å². The summed E-state index contributed by atoms with van der Waals surface area (Å²) in [7, 11) is 0. The molecule has 0 aliphatic heterocycles. The van der Waals surface area contributed by atoms with Crippen molar-refractivity contribution in [2.45, 2.75) is 20.3 Å². The molecule has 0 spiro atoms. The molecule has 2 nitrogen and oxygen atoms in total. The van der Waals surface area contributed by atoms with Crippen LogP contribution in [0.25, 0.3) is 0 Å². The Morgan fingerprint density at radius 2 is 2.00 bits per heavy atom. The maximum Gasteiger partial charge on any atom is 0.0941 e. The van der Waals surface area contributed by atoms with Crippen LogP contribution in [0.15, 0.2) is 12.2 Å². The molecule has 0 aromatic heterocycles. The van der Waals surface area contributed by atoms with E-state index >= 15 is 0 Å². The van der Waals surface area contributed by atoms with Crippen LogP contribution in [0.3, 0.4) is 0 Å². The van der Waals surface area contributed by atoms with E-state index < -0.39 is 5.41 Å². The van der Waals surface area contributed by atoms with E-state index in [4.69, 9.17) is 10.5 Å². The van der Waals surface area contributed by atoms with E-state index in [1.165, 1.54) is 0 Å². The van der Waals surface area contributed by atoms with Crippen LogP contribution in [0.1, 0.15) is 20.3 Å². The van der Waals surface area contributed by atoms with Crippen LogP contribution in [-0.2, 0) is 0 Å². The molecule has 0 aromatic carbocycles. The summed E-state index contributed by atoms with van der Waals surface area (Å²) in [6, 6.07) is 4.00. The fraction of sp³-hybridized carbons (Fsp3) is 0.500. The Balaban J connectivity index is 4.08. The zero-order valence-corrected chi connectivity index (χ0v) is 6.31. The van der Waals surface area contributed by atoms with Gasteiger partial charge in [0, 0.05) is 5.57 Å². The third kappa shape index (κ3) is 2.89. The molecule has 0 aliphatic carbocycles. The van der Waals surface area contributed by atoms with Crippen molar-refractivity contribution >= 4 is 0 Å². The second-order valence-corrected chi connectivity index (χ2v) is 2.89. The molecule has 2 heteroatoms. The first kappa shape index (κ1) is 8.72. The molecule has 0 atom stereocenters. The molecule has 0 saturated carbocycles. The zero-order chi connectivity index (χ0) is 8.20. The third-order valence-corrected chi connectivity index (χ3v) is 1.12. The van der Waals surface area contributed by atoms with E-state index in [1.54, 1.807) is 13.8 Å². The van der Waals surface area contributed by atoms with E-state index in [9.17, 15) is 0 Å². The molecule has 0 N–H and O–H groups in total. The monoisotopic (exact) mass is 134 g/mol. The van der Waals surface area contributed by atoms with Crippen LogP contribution in [0.5, 0.6) is 0 Å². The van der Waals surface area contributed by atoms with Crippen molar-refractivity contribution in [3.05, 3.63) is 12.2 Å². The lowest BCUT2D eigenvalue weighted by Gasteiger charge is -2.12. The zero-order valence-electron chi connectivity index (χ0n) is 6.31. The summed E-state index contributed by atoms with van der Waals surface area (Å²) >= 11 is 0. The maximum absolute atomic E-state index is 8.54. The summed E-state index contributed by atoms with van der Waals surface area (Å²) in [6.45, 7) is 7.07. The Hall–Kier alpha value is -1.28. The second-order valence-electron chi connectivity index (χ2n) is 2.89. The lowest BCUT2D eigenvalue weighted by molar-refractivity contribution is 0.497. The van der Waals surface area contributed by atoms with Crippen molar-refractivity contribution in [1.82, 2.24) is 0 Å². The molecule has 0 rings (SSSR count). The van der Waals surface area contributed by atoms with Crippen LogP contribution >= 0.6 is 0 Å². The smallest absolute Gasteiger partial charge is 0.0941 e. The minimum Gasteiger partial charge on any atom is -0.198 e. The number of nitriles is 2. The van der Waals surface area contributed by atoms with E-state index in [1.807, 2.05) is 6.07 Å². The second kappa shape index (κ2) is 3.03. The number of allylic oxidation sites excluding steroid dienone is 1. The van der Waals surface area contributed by atoms with Crippen molar-refractivity contribution in [2.75, 3.05) is 0 Å². The Bertz CT molecular complexity index is 212. The summed E-state index contributed by atoms with van der Waals surface area (Å²) in [5, 5.41) is 16.9. The van der Waals surface area contributed by atoms with Gasteiger partial charge in [-0.25, -0.2) is 0 Å². The van der Waals surface area contributed by atoms with Gasteiger partial charge in [0.25, 0.3) is 0 Å². The normalized spacial score (nSPS) is 9.60. The highest BCUT2D eigenvalue weighted by Crippen LogP contribution is 2.22. The van der Waals surface area contributed by atoms with Crippen LogP contribution in [-0.4, -0.2) is 0 Å². The molecule has 0 amide bonds. The summed E-state index contributed by atoms with van der Waals surface area (Å²) < 4.78 is 0. The number of nitrogens with zero attached hydrogens (tertiary/aromatic N) is 2. The van der Waals surface area contributed by atoms with Gasteiger partial charge in [0.15, 0.2) is 0 Å². The van der Waals surface area contributed by atoms with Gasteiger partial charge in [-0.05, 0) is 20.3 Å². The third-order valence-electron chi connectivity index (χ3n) is 1.12.